The number of carbonyl (C=O) groups is 1. The average Bonchev–Trinajstić information content (AvgIpc) is 3.35. The van der Waals surface area contributed by atoms with Gasteiger partial charge in [-0.1, -0.05) is 60.7 Å². The number of halogens is 3. The maximum absolute atomic E-state index is 14.8. The van der Waals surface area contributed by atoms with Crippen molar-refractivity contribution < 1.29 is 36.7 Å². The zero-order valence-electron chi connectivity index (χ0n) is 23.2. The van der Waals surface area contributed by atoms with Crippen LogP contribution in [0.4, 0.5) is 18.0 Å². The van der Waals surface area contributed by atoms with E-state index in [-0.39, 0.29) is 30.4 Å². The van der Waals surface area contributed by atoms with E-state index in [0.717, 1.165) is 28.3 Å². The molecule has 6 nitrogen and oxygen atoms in total. The summed E-state index contributed by atoms with van der Waals surface area (Å²) in [6.07, 6.45) is 0.603. The van der Waals surface area contributed by atoms with E-state index in [4.69, 9.17) is 14.0 Å². The Hall–Kier alpha value is -3.76. The first kappa shape index (κ1) is 28.8. The average molecular weight is 565 g/mol. The van der Waals surface area contributed by atoms with E-state index in [9.17, 15) is 18.0 Å². The molecule has 1 saturated heterocycles. The number of ether oxygens (including phenoxy) is 2. The van der Waals surface area contributed by atoms with Crippen molar-refractivity contribution in [2.45, 2.75) is 51.4 Å². The molecule has 214 valence electrons. The summed E-state index contributed by atoms with van der Waals surface area (Å²) in [6.45, 7) is 4.18. The van der Waals surface area contributed by atoms with Gasteiger partial charge in [0, 0.05) is 12.5 Å². The molecule has 0 atom stereocenters. The Bertz CT molecular complexity index is 1410. The predicted octanol–water partition coefficient (Wildman–Crippen LogP) is 6.98. The number of carbonyl (C=O) groups excluding carboxylic acids is 1. The number of nitrogens with one attached hydrogen (secondary N) is 1. The van der Waals surface area contributed by atoms with Gasteiger partial charge in [-0.15, -0.1) is 0 Å². The monoisotopic (exact) mass is 565 g/mol. The minimum Gasteiger partial charge on any atom is -0.449 e. The third-order valence-corrected chi connectivity index (χ3v) is 7.90. The van der Waals surface area contributed by atoms with E-state index >= 15 is 0 Å². The molecular formula is C31H31BF3NO5. The van der Waals surface area contributed by atoms with E-state index < -0.39 is 36.8 Å². The Labute approximate surface area is 237 Å². The van der Waals surface area contributed by atoms with Crippen LogP contribution in [-0.4, -0.2) is 44.2 Å². The molecule has 3 aromatic carbocycles. The second-order valence-corrected chi connectivity index (χ2v) is 11.0. The molecule has 1 aliphatic heterocycles. The number of fused-ring (bicyclic) bond motifs is 3. The molecular weight excluding hydrogens is 534 g/mol. The topological polar surface area (TPSA) is 66.0 Å². The number of benzene rings is 3. The predicted molar refractivity (Wildman–Crippen MR) is 150 cm³/mol. The molecule has 3 aromatic rings. The lowest BCUT2D eigenvalue weighted by molar-refractivity contribution is -0.0501. The molecule has 0 radical (unpaired) electrons. The highest BCUT2D eigenvalue weighted by Crippen LogP contribution is 2.44. The van der Waals surface area contributed by atoms with Gasteiger partial charge in [0.2, 0.25) is 0 Å². The highest BCUT2D eigenvalue weighted by molar-refractivity contribution is 6.56. The van der Waals surface area contributed by atoms with Gasteiger partial charge in [0.15, 0.2) is 0 Å². The lowest BCUT2D eigenvalue weighted by Crippen LogP contribution is -2.41. The second kappa shape index (κ2) is 11.3. The summed E-state index contributed by atoms with van der Waals surface area (Å²) in [5.41, 5.74) is 2.96. The number of amides is 1. The normalized spacial score (nSPS) is 17.4. The zero-order valence-corrected chi connectivity index (χ0v) is 23.2. The van der Waals surface area contributed by atoms with Gasteiger partial charge in [0.1, 0.15) is 18.2 Å². The smallest absolute Gasteiger partial charge is 0.449 e. The Morgan fingerprint density at radius 3 is 2.12 bits per heavy atom. The molecule has 0 unspecified atom stereocenters. The number of rotatable bonds is 8. The second-order valence-electron chi connectivity index (χ2n) is 11.0. The third kappa shape index (κ3) is 5.85. The highest BCUT2D eigenvalue weighted by Gasteiger charge is 2.52. The van der Waals surface area contributed by atoms with Gasteiger partial charge in [-0.25, -0.2) is 9.18 Å². The lowest BCUT2D eigenvalue weighted by atomic mass is 9.77. The molecule has 2 aliphatic rings. The van der Waals surface area contributed by atoms with E-state index in [1.165, 1.54) is 18.2 Å². The van der Waals surface area contributed by atoms with Crippen molar-refractivity contribution in [3.05, 3.63) is 94.7 Å². The van der Waals surface area contributed by atoms with Crippen LogP contribution in [-0.2, 0) is 14.0 Å². The Balaban J connectivity index is 1.35. The number of alkyl carbamates (subject to hydrolysis) is 1. The van der Waals surface area contributed by atoms with Gasteiger partial charge >= 0.3 is 19.8 Å². The van der Waals surface area contributed by atoms with Crippen LogP contribution in [0.25, 0.3) is 17.2 Å². The molecule has 0 bridgehead atoms. The minimum atomic E-state index is -3.15. The van der Waals surface area contributed by atoms with Crippen LogP contribution in [0, 0.1) is 5.82 Å². The highest BCUT2D eigenvalue weighted by atomic mass is 19.3. The molecule has 5 rings (SSSR count). The van der Waals surface area contributed by atoms with E-state index in [2.05, 4.69) is 10.1 Å². The molecule has 10 heteroatoms. The molecule has 1 fully saturated rings. The summed E-state index contributed by atoms with van der Waals surface area (Å²) in [7, 11) is -0.993. The Morgan fingerprint density at radius 2 is 1.54 bits per heavy atom. The quantitative estimate of drug-likeness (QED) is 0.299. The van der Waals surface area contributed by atoms with Crippen LogP contribution in [0.2, 0.25) is 0 Å². The van der Waals surface area contributed by atoms with E-state index in [1.54, 1.807) is 0 Å². The van der Waals surface area contributed by atoms with Crippen LogP contribution < -0.4 is 10.1 Å². The first-order chi connectivity index (χ1) is 19.5. The van der Waals surface area contributed by atoms with Gasteiger partial charge in [-0.05, 0) is 67.6 Å². The fourth-order valence-corrected chi connectivity index (χ4v) is 5.06. The summed E-state index contributed by atoms with van der Waals surface area (Å²) in [5.74, 6) is -1.26. The Morgan fingerprint density at radius 1 is 0.951 bits per heavy atom. The SMILES string of the molecule is CC1(C)OB(C(=Cc2c(F)cccc2OC(F)F)CNC(=O)OCC2c3ccccc3-c3ccccc32)OC1(C)C. The standard InChI is InChI=1S/C31H31BF3NO5/c1-30(2)31(3,4)41-32(40-30)19(16-24-26(33)14-9-15-27(24)39-28(34)35)17-36-29(37)38-18-25-22-12-7-5-10-20(22)21-11-6-8-13-23(21)25/h5-16,25,28H,17-18H2,1-4H3,(H,36,37). The molecule has 41 heavy (non-hydrogen) atoms. The first-order valence-electron chi connectivity index (χ1n) is 13.3. The van der Waals surface area contributed by atoms with Gasteiger partial charge < -0.3 is 24.1 Å². The van der Waals surface area contributed by atoms with Crippen molar-refractivity contribution >= 4 is 19.3 Å². The minimum absolute atomic E-state index is 0.106. The van der Waals surface area contributed by atoms with Crippen molar-refractivity contribution in [2.75, 3.05) is 13.2 Å². The van der Waals surface area contributed by atoms with Gasteiger partial charge in [0.25, 0.3) is 0 Å². The van der Waals surface area contributed by atoms with Crippen LogP contribution in [0.15, 0.2) is 72.2 Å². The molecule has 0 aromatic heterocycles. The third-order valence-electron chi connectivity index (χ3n) is 7.90. The number of alkyl halides is 2. The fraction of sp³-hybridized carbons (Fsp3) is 0.323. The molecule has 0 saturated carbocycles. The first-order valence-corrected chi connectivity index (χ1v) is 13.3. The summed E-state index contributed by atoms with van der Waals surface area (Å²) < 4.78 is 63.3. The van der Waals surface area contributed by atoms with Crippen molar-refractivity contribution in [3.8, 4) is 16.9 Å². The van der Waals surface area contributed by atoms with Crippen molar-refractivity contribution in [1.82, 2.24) is 5.32 Å². The molecule has 1 heterocycles. The molecule has 1 N–H and O–H groups in total. The number of hydrogen-bond donors (Lipinski definition) is 1. The molecule has 0 spiro atoms. The number of hydrogen-bond acceptors (Lipinski definition) is 5. The summed E-state index contributed by atoms with van der Waals surface area (Å²) >= 11 is 0. The van der Waals surface area contributed by atoms with E-state index in [1.807, 2.05) is 76.2 Å². The molecule has 1 aliphatic carbocycles. The van der Waals surface area contributed by atoms with E-state index in [0.29, 0.717) is 5.47 Å². The van der Waals surface area contributed by atoms with Gasteiger partial charge in [-0.3, -0.25) is 0 Å². The Kier molecular flexibility index (Phi) is 7.90. The van der Waals surface area contributed by atoms with Crippen LogP contribution in [0.1, 0.15) is 50.3 Å². The van der Waals surface area contributed by atoms with Gasteiger partial charge in [-0.2, -0.15) is 8.78 Å². The zero-order chi connectivity index (χ0) is 29.4. The van der Waals surface area contributed by atoms with Gasteiger partial charge in [0.05, 0.1) is 16.8 Å². The lowest BCUT2D eigenvalue weighted by Gasteiger charge is -2.32. The summed E-state index contributed by atoms with van der Waals surface area (Å²) in [5, 5.41) is 2.69. The molecule has 1 amide bonds. The van der Waals surface area contributed by atoms with Crippen molar-refractivity contribution in [1.29, 1.82) is 0 Å². The van der Waals surface area contributed by atoms with Crippen molar-refractivity contribution in [3.63, 3.8) is 0 Å². The summed E-state index contributed by atoms with van der Waals surface area (Å²) in [6, 6.07) is 19.6. The largest absolute Gasteiger partial charge is 0.492 e. The van der Waals surface area contributed by atoms with Crippen molar-refractivity contribution in [2.24, 2.45) is 0 Å². The maximum atomic E-state index is 14.8. The van der Waals surface area contributed by atoms with Crippen LogP contribution in [0.3, 0.4) is 0 Å². The maximum Gasteiger partial charge on any atom is 0.492 e. The van der Waals surface area contributed by atoms with Crippen LogP contribution >= 0.6 is 0 Å². The summed E-state index contributed by atoms with van der Waals surface area (Å²) in [4.78, 5) is 12.9. The van der Waals surface area contributed by atoms with Crippen LogP contribution in [0.5, 0.6) is 5.75 Å². The fourth-order valence-electron chi connectivity index (χ4n) is 5.06.